The van der Waals surface area contributed by atoms with Crippen LogP contribution in [0.4, 0.5) is 0 Å². The zero-order valence-corrected chi connectivity index (χ0v) is 6.20. The van der Waals surface area contributed by atoms with Gasteiger partial charge in [0.1, 0.15) is 12.6 Å². The van der Waals surface area contributed by atoms with E-state index in [1.165, 1.54) is 6.20 Å². The molecule has 1 aromatic heterocycles. The minimum absolute atomic E-state index is 0.554. The monoisotopic (exact) mass is 145 g/mol. The standard InChI is InChI=1S/C8H7N3/c1-2-3-4-11-7-8(5-9)6-10-11/h6-7H,4H2,1H3. The molecule has 0 bridgehead atoms. The number of hydrogen-bond acceptors (Lipinski definition) is 2. The molecule has 0 saturated carbocycles. The Morgan fingerprint density at radius 1 is 1.73 bits per heavy atom. The molecule has 1 heterocycles. The van der Waals surface area contributed by atoms with Crippen LogP contribution in [0.1, 0.15) is 12.5 Å². The van der Waals surface area contributed by atoms with Gasteiger partial charge in [-0.1, -0.05) is 5.92 Å². The second-order valence-corrected chi connectivity index (χ2v) is 1.97. The smallest absolute Gasteiger partial charge is 0.102 e. The van der Waals surface area contributed by atoms with Gasteiger partial charge >= 0.3 is 0 Å². The molecule has 0 aliphatic rings. The maximum absolute atomic E-state index is 8.44. The molecule has 0 unspecified atom stereocenters. The Morgan fingerprint density at radius 3 is 3.09 bits per heavy atom. The maximum atomic E-state index is 8.44. The summed E-state index contributed by atoms with van der Waals surface area (Å²) in [5.74, 6) is 5.59. The van der Waals surface area contributed by atoms with Crippen LogP contribution < -0.4 is 0 Å². The number of nitriles is 1. The van der Waals surface area contributed by atoms with Crippen LogP contribution in [0.15, 0.2) is 12.4 Å². The first-order chi connectivity index (χ1) is 5.36. The van der Waals surface area contributed by atoms with Crippen molar-refractivity contribution in [2.75, 3.05) is 0 Å². The second-order valence-electron chi connectivity index (χ2n) is 1.97. The fraction of sp³-hybridized carbons (Fsp3) is 0.250. The van der Waals surface area contributed by atoms with Crippen molar-refractivity contribution < 1.29 is 0 Å². The molecular formula is C8H7N3. The fourth-order valence-electron chi connectivity index (χ4n) is 0.668. The Hall–Kier alpha value is -1.74. The highest BCUT2D eigenvalue weighted by molar-refractivity contribution is 5.21. The zero-order chi connectivity index (χ0) is 8.10. The van der Waals surface area contributed by atoms with E-state index in [-0.39, 0.29) is 0 Å². The van der Waals surface area contributed by atoms with Crippen molar-refractivity contribution in [2.24, 2.45) is 0 Å². The van der Waals surface area contributed by atoms with Gasteiger partial charge in [0.15, 0.2) is 0 Å². The van der Waals surface area contributed by atoms with Crippen LogP contribution in [0.3, 0.4) is 0 Å². The van der Waals surface area contributed by atoms with Crippen molar-refractivity contribution in [3.8, 4) is 17.9 Å². The summed E-state index contributed by atoms with van der Waals surface area (Å²) in [6, 6.07) is 1.99. The highest BCUT2D eigenvalue weighted by Crippen LogP contribution is 1.93. The van der Waals surface area contributed by atoms with Crippen LogP contribution >= 0.6 is 0 Å². The summed E-state index contributed by atoms with van der Waals surface area (Å²) in [5.41, 5.74) is 0.572. The van der Waals surface area contributed by atoms with Crippen molar-refractivity contribution >= 4 is 0 Å². The molecule has 0 atom stereocenters. The molecule has 0 aliphatic carbocycles. The average Bonchev–Trinajstić information content (AvgIpc) is 2.48. The molecule has 0 spiro atoms. The largest absolute Gasteiger partial charge is 0.259 e. The molecule has 3 nitrogen and oxygen atoms in total. The summed E-state index contributed by atoms with van der Waals surface area (Å²) in [5, 5.41) is 12.4. The third-order valence-electron chi connectivity index (χ3n) is 1.18. The summed E-state index contributed by atoms with van der Waals surface area (Å²) >= 11 is 0. The minimum Gasteiger partial charge on any atom is -0.259 e. The summed E-state index contributed by atoms with van der Waals surface area (Å²) in [7, 11) is 0. The van der Waals surface area contributed by atoms with Crippen LogP contribution in [-0.2, 0) is 6.54 Å². The van der Waals surface area contributed by atoms with Crippen molar-refractivity contribution in [1.82, 2.24) is 9.78 Å². The second kappa shape index (κ2) is 3.43. The molecule has 11 heavy (non-hydrogen) atoms. The van der Waals surface area contributed by atoms with E-state index in [0.717, 1.165) is 0 Å². The molecular weight excluding hydrogens is 138 g/mol. The molecule has 1 rings (SSSR count). The van der Waals surface area contributed by atoms with Gasteiger partial charge in [0.2, 0.25) is 0 Å². The van der Waals surface area contributed by atoms with Crippen LogP contribution in [0, 0.1) is 23.2 Å². The first-order valence-electron chi connectivity index (χ1n) is 3.19. The molecule has 0 saturated heterocycles. The molecule has 0 N–H and O–H groups in total. The van der Waals surface area contributed by atoms with E-state index < -0.39 is 0 Å². The van der Waals surface area contributed by atoms with E-state index in [9.17, 15) is 0 Å². The molecule has 0 aromatic carbocycles. The van der Waals surface area contributed by atoms with E-state index in [0.29, 0.717) is 12.1 Å². The molecule has 0 radical (unpaired) electrons. The topological polar surface area (TPSA) is 41.6 Å². The first kappa shape index (κ1) is 7.37. The third kappa shape index (κ3) is 1.84. The fourth-order valence-corrected chi connectivity index (χ4v) is 0.668. The Morgan fingerprint density at radius 2 is 2.55 bits per heavy atom. The van der Waals surface area contributed by atoms with Crippen molar-refractivity contribution in [3.05, 3.63) is 18.0 Å². The number of rotatable bonds is 1. The SMILES string of the molecule is CC#CCn1cc(C#N)cn1. The summed E-state index contributed by atoms with van der Waals surface area (Å²) in [6.07, 6.45) is 3.20. The number of hydrogen-bond donors (Lipinski definition) is 0. The molecule has 54 valence electrons. The van der Waals surface area contributed by atoms with Gasteiger partial charge in [0, 0.05) is 6.20 Å². The number of nitrogens with zero attached hydrogens (tertiary/aromatic N) is 3. The minimum atomic E-state index is 0.554. The first-order valence-corrected chi connectivity index (χ1v) is 3.19. The predicted octanol–water partition coefficient (Wildman–Crippen LogP) is 0.778. The molecule has 0 aliphatic heterocycles. The van der Waals surface area contributed by atoms with Gasteiger partial charge in [0.25, 0.3) is 0 Å². The Balaban J connectivity index is 2.72. The third-order valence-corrected chi connectivity index (χ3v) is 1.18. The van der Waals surface area contributed by atoms with Crippen molar-refractivity contribution in [2.45, 2.75) is 13.5 Å². The van der Waals surface area contributed by atoms with E-state index in [1.54, 1.807) is 17.8 Å². The lowest BCUT2D eigenvalue weighted by atomic mass is 10.4. The van der Waals surface area contributed by atoms with Gasteiger partial charge in [0.05, 0.1) is 11.8 Å². The van der Waals surface area contributed by atoms with Gasteiger partial charge in [-0.05, 0) is 6.92 Å². The molecule has 0 amide bonds. The van der Waals surface area contributed by atoms with Crippen LogP contribution in [-0.4, -0.2) is 9.78 Å². The lowest BCUT2D eigenvalue weighted by Crippen LogP contribution is -1.94. The van der Waals surface area contributed by atoms with Gasteiger partial charge in [-0.3, -0.25) is 4.68 Å². The maximum Gasteiger partial charge on any atom is 0.102 e. The van der Waals surface area contributed by atoms with Crippen LogP contribution in [0.25, 0.3) is 0 Å². The Labute approximate surface area is 65.3 Å². The molecule has 1 aromatic rings. The van der Waals surface area contributed by atoms with E-state index in [4.69, 9.17) is 5.26 Å². The summed E-state index contributed by atoms with van der Waals surface area (Å²) < 4.78 is 1.63. The summed E-state index contributed by atoms with van der Waals surface area (Å²) in [6.45, 7) is 2.33. The number of aromatic nitrogens is 2. The van der Waals surface area contributed by atoms with E-state index in [2.05, 4.69) is 16.9 Å². The predicted molar refractivity (Wildman–Crippen MR) is 40.4 cm³/mol. The highest BCUT2D eigenvalue weighted by Gasteiger charge is 1.92. The zero-order valence-electron chi connectivity index (χ0n) is 6.20. The quantitative estimate of drug-likeness (QED) is 0.548. The average molecular weight is 145 g/mol. The van der Waals surface area contributed by atoms with E-state index >= 15 is 0 Å². The highest BCUT2D eigenvalue weighted by atomic mass is 15.3. The Kier molecular flexibility index (Phi) is 2.30. The molecule has 3 heteroatoms. The lowest BCUT2D eigenvalue weighted by molar-refractivity contribution is 0.715. The van der Waals surface area contributed by atoms with E-state index in [1.807, 2.05) is 6.07 Å². The van der Waals surface area contributed by atoms with Gasteiger partial charge in [-0.2, -0.15) is 10.4 Å². The normalized spacial score (nSPS) is 8.00. The lowest BCUT2D eigenvalue weighted by Gasteiger charge is -1.88. The molecule has 0 fully saturated rings. The summed E-state index contributed by atoms with van der Waals surface area (Å²) in [4.78, 5) is 0. The van der Waals surface area contributed by atoms with Crippen molar-refractivity contribution in [3.63, 3.8) is 0 Å². The van der Waals surface area contributed by atoms with Gasteiger partial charge in [-0.15, -0.1) is 5.92 Å². The van der Waals surface area contributed by atoms with Crippen LogP contribution in [0.5, 0.6) is 0 Å². The Bertz CT molecular complexity index is 332. The van der Waals surface area contributed by atoms with Gasteiger partial charge in [-0.25, -0.2) is 0 Å². The van der Waals surface area contributed by atoms with Crippen LogP contribution in [0.2, 0.25) is 0 Å². The van der Waals surface area contributed by atoms with Crippen molar-refractivity contribution in [1.29, 1.82) is 5.26 Å². The van der Waals surface area contributed by atoms with Gasteiger partial charge < -0.3 is 0 Å².